The average molecular weight is 1210 g/mol. The van der Waals surface area contributed by atoms with Gasteiger partial charge in [-0.05, 0) is 85.3 Å². The van der Waals surface area contributed by atoms with Crippen molar-refractivity contribution in [1.29, 1.82) is 0 Å². The lowest BCUT2D eigenvalue weighted by atomic mass is 9.82. The minimum atomic E-state index is -1.59. The number of aliphatic hydroxyl groups excluding tert-OH is 2. The Labute approximate surface area is 506 Å². The number of amides is 5. The maximum absolute atomic E-state index is 14.8. The van der Waals surface area contributed by atoms with Crippen molar-refractivity contribution in [2.75, 3.05) is 19.8 Å². The van der Waals surface area contributed by atoms with Gasteiger partial charge in [0.2, 0.25) is 29.5 Å². The van der Waals surface area contributed by atoms with E-state index in [4.69, 9.17) is 17.2 Å². The molecule has 5 rings (SSSR count). The smallest absolute Gasteiger partial charge is 0.303 e. The van der Waals surface area contributed by atoms with Crippen LogP contribution in [0.1, 0.15) is 127 Å². The molecule has 4 aromatic rings. The van der Waals surface area contributed by atoms with E-state index in [1.807, 2.05) is 38.1 Å². The summed E-state index contributed by atoms with van der Waals surface area (Å²) in [5.74, 6) is -12.4. The molecule has 0 unspecified atom stereocenters. The number of carbonyl (C=O) groups excluding carboxylic acids is 9. The number of H-pyrrole nitrogens is 1. The SMILES string of the molecule is CC(C)C[C@H](CC(=O)[C@H](Cc1ccc(O)cc1)NC(=O)[C@@H](CCCN=C(N)N)CC(=O)[C@@H](CO)NC(=O)[C@@H](CC(=O)[C@H](CC1CCCCC1)NC(=O)CCC(=O)O)Cc1ccccc1)C(=O)N[C@@H](Cc1c[nH]c2ccccc12)C(=O)C[C@@H](CO)C(N)=O. The molecule has 0 bridgehead atoms. The molecular formula is C64H87N9O14. The van der Waals surface area contributed by atoms with Crippen molar-refractivity contribution >= 4 is 75.5 Å². The number of phenolic OH excluding ortho intramolecular Hbond substituents is 1. The van der Waals surface area contributed by atoms with Gasteiger partial charge in [-0.3, -0.25) is 52.9 Å². The second-order valence-corrected chi connectivity index (χ2v) is 23.4. The van der Waals surface area contributed by atoms with E-state index in [2.05, 4.69) is 31.2 Å². The highest BCUT2D eigenvalue weighted by atomic mass is 16.4. The quantitative estimate of drug-likeness (QED) is 0.0173. The molecule has 23 heteroatoms. The number of primary amides is 1. The van der Waals surface area contributed by atoms with Crippen LogP contribution in [0.2, 0.25) is 0 Å². The number of aromatic hydroxyl groups is 1. The van der Waals surface area contributed by atoms with Crippen molar-refractivity contribution in [3.8, 4) is 5.75 Å². The number of aliphatic carboxylic acids is 1. The van der Waals surface area contributed by atoms with Gasteiger partial charge in [0.05, 0.1) is 43.7 Å². The Morgan fingerprint density at radius 2 is 1.15 bits per heavy atom. The first-order valence-corrected chi connectivity index (χ1v) is 30.0. The Balaban J connectivity index is 1.40. The zero-order valence-electron chi connectivity index (χ0n) is 49.8. The Morgan fingerprint density at radius 3 is 1.77 bits per heavy atom. The number of Topliss-reactive ketones (excluding diaryl/α,β-unsaturated/α-hetero) is 4. The van der Waals surface area contributed by atoms with Gasteiger partial charge in [-0.1, -0.05) is 107 Å². The standard InChI is InChI=1S/C64H87N9O14/c1-38(2)26-43(62(86)72-52(56(79)34-46(36-74)60(65)84)30-45-35-69-49-18-10-9-17-48(45)49)32-55(78)51(29-41-19-21-47(76)22-20-41)71-61(85)42(16-11-25-68-64(66)67)31-57(80)53(37-75)73-63(87)44(27-39-12-5-3-6-13-39)33-54(77)50(28-40-14-7-4-8-15-40)70-58(81)23-24-59(82)83/h3,5-6,9-10,12-13,17-22,35,38,40,42-44,46,50-53,69,74-76H,4,7-8,11,14-16,23-34,36-37H2,1-2H3,(H2,65,84)(H,70,81)(H,71,85)(H,72,86)(H,73,87)(H,82,83)(H4,66,67,68)/t42-,43+,44+,46-,50-,51-,52-,53+/m0/s1. The number of rotatable bonds is 39. The third-order valence-corrected chi connectivity index (χ3v) is 16.0. The first-order valence-electron chi connectivity index (χ1n) is 30.0. The highest BCUT2D eigenvalue weighted by Crippen LogP contribution is 2.29. The number of benzene rings is 3. The summed E-state index contributed by atoms with van der Waals surface area (Å²) in [6.07, 6.45) is 4.01. The second-order valence-electron chi connectivity index (χ2n) is 23.4. The van der Waals surface area contributed by atoms with Gasteiger partial charge >= 0.3 is 5.97 Å². The van der Waals surface area contributed by atoms with Crippen LogP contribution >= 0.6 is 0 Å². The summed E-state index contributed by atoms with van der Waals surface area (Å²) in [6.45, 7) is 2.10. The third-order valence-electron chi connectivity index (χ3n) is 16.0. The highest BCUT2D eigenvalue weighted by molar-refractivity contribution is 5.98. The molecule has 8 atom stereocenters. The van der Waals surface area contributed by atoms with Crippen LogP contribution in [0.5, 0.6) is 5.75 Å². The number of carboxylic acids is 1. The van der Waals surface area contributed by atoms with Crippen LogP contribution in [0, 0.1) is 35.5 Å². The highest BCUT2D eigenvalue weighted by Gasteiger charge is 2.37. The molecule has 15 N–H and O–H groups in total. The van der Waals surface area contributed by atoms with Crippen LogP contribution in [0.4, 0.5) is 0 Å². The normalized spacial score (nSPS) is 15.3. The van der Waals surface area contributed by atoms with E-state index < -0.39 is 145 Å². The number of carbonyl (C=O) groups is 10. The van der Waals surface area contributed by atoms with E-state index in [0.717, 1.165) is 43.0 Å². The topological polar surface area (TPSA) is 406 Å². The first-order chi connectivity index (χ1) is 41.5. The predicted molar refractivity (Wildman–Crippen MR) is 325 cm³/mol. The zero-order valence-corrected chi connectivity index (χ0v) is 49.8. The van der Waals surface area contributed by atoms with Gasteiger partial charge in [0.25, 0.3) is 0 Å². The molecule has 1 saturated carbocycles. The maximum atomic E-state index is 14.8. The van der Waals surface area contributed by atoms with Crippen LogP contribution in [0.3, 0.4) is 0 Å². The number of guanidine groups is 1. The number of nitrogens with one attached hydrogen (secondary N) is 5. The third kappa shape index (κ3) is 23.5. The molecule has 1 heterocycles. The van der Waals surface area contributed by atoms with Gasteiger partial charge < -0.3 is 63.9 Å². The molecule has 5 amide bonds. The van der Waals surface area contributed by atoms with Crippen molar-refractivity contribution in [2.45, 2.75) is 154 Å². The zero-order chi connectivity index (χ0) is 63.6. The van der Waals surface area contributed by atoms with E-state index in [0.29, 0.717) is 23.1 Å². The molecule has 0 radical (unpaired) electrons. The number of hydrogen-bond acceptors (Lipinski definition) is 14. The molecule has 1 aliphatic carbocycles. The fraction of sp³-hybridized carbons (Fsp3) is 0.516. The lowest BCUT2D eigenvalue weighted by Crippen LogP contribution is -2.50. The number of aliphatic imine (C=N–C) groups is 1. The first kappa shape index (κ1) is 69.5. The fourth-order valence-corrected chi connectivity index (χ4v) is 11.2. The lowest BCUT2D eigenvalue weighted by Gasteiger charge is -2.28. The Bertz CT molecular complexity index is 2990. The van der Waals surface area contributed by atoms with Gasteiger partial charge in [-0.25, -0.2) is 0 Å². The summed E-state index contributed by atoms with van der Waals surface area (Å²) in [5, 5.41) is 51.8. The number of aromatic amines is 1. The number of ketones is 4. The van der Waals surface area contributed by atoms with Crippen LogP contribution in [0.15, 0.2) is 90.1 Å². The molecule has 1 aliphatic rings. The Kier molecular flexibility index (Phi) is 28.2. The monoisotopic (exact) mass is 1210 g/mol. The number of nitrogens with zero attached hydrogens (tertiary/aromatic N) is 1. The van der Waals surface area contributed by atoms with Gasteiger partial charge in [0, 0.05) is 79.9 Å². The molecule has 1 aromatic heterocycles. The fourth-order valence-electron chi connectivity index (χ4n) is 11.2. The van der Waals surface area contributed by atoms with Crippen molar-refractivity contribution < 1.29 is 68.4 Å². The van der Waals surface area contributed by atoms with E-state index >= 15 is 0 Å². The number of para-hydroxylation sites is 1. The van der Waals surface area contributed by atoms with Crippen LogP contribution in [0.25, 0.3) is 10.9 Å². The lowest BCUT2D eigenvalue weighted by molar-refractivity contribution is -0.139. The number of phenols is 1. The number of hydrogen-bond donors (Lipinski definition) is 12. The minimum Gasteiger partial charge on any atom is -0.508 e. The van der Waals surface area contributed by atoms with Crippen LogP contribution in [-0.4, -0.2) is 134 Å². The van der Waals surface area contributed by atoms with Crippen LogP contribution < -0.4 is 38.5 Å². The molecule has 0 aliphatic heterocycles. The molecule has 1 fully saturated rings. The van der Waals surface area contributed by atoms with Gasteiger partial charge in [-0.15, -0.1) is 0 Å². The molecule has 0 saturated heterocycles. The molecule has 87 heavy (non-hydrogen) atoms. The number of nitrogens with two attached hydrogens (primary N) is 3. The minimum absolute atomic E-state index is 0.0194. The summed E-state index contributed by atoms with van der Waals surface area (Å²) in [7, 11) is 0. The number of carboxylic acid groups (broad SMARTS) is 1. The largest absolute Gasteiger partial charge is 0.508 e. The molecular weight excluding hydrogens is 1120 g/mol. The Hall–Kier alpha value is -8.31. The number of aliphatic hydroxyl groups is 2. The molecule has 0 spiro atoms. The summed E-state index contributed by atoms with van der Waals surface area (Å²) in [6, 6.07) is 16.8. The molecule has 23 nitrogen and oxygen atoms in total. The summed E-state index contributed by atoms with van der Waals surface area (Å²) in [4.78, 5) is 145. The van der Waals surface area contributed by atoms with Crippen molar-refractivity contribution in [3.05, 3.63) is 102 Å². The van der Waals surface area contributed by atoms with Gasteiger partial charge in [0.15, 0.2) is 29.1 Å². The predicted octanol–water partition coefficient (Wildman–Crippen LogP) is 3.55. The van der Waals surface area contributed by atoms with Crippen molar-refractivity contribution in [2.24, 2.45) is 57.7 Å². The average Bonchev–Trinajstić information content (AvgIpc) is 3.29. The van der Waals surface area contributed by atoms with E-state index in [1.54, 1.807) is 48.7 Å². The number of fused-ring (bicyclic) bond motifs is 1. The summed E-state index contributed by atoms with van der Waals surface area (Å²) in [5.41, 5.74) is 19.3. The summed E-state index contributed by atoms with van der Waals surface area (Å²) < 4.78 is 0. The Morgan fingerprint density at radius 1 is 0.598 bits per heavy atom. The number of aromatic nitrogens is 1. The van der Waals surface area contributed by atoms with Crippen molar-refractivity contribution in [1.82, 2.24) is 26.3 Å². The molecule has 472 valence electrons. The van der Waals surface area contributed by atoms with E-state index in [1.165, 1.54) is 12.1 Å². The van der Waals surface area contributed by atoms with Gasteiger partial charge in [-0.2, -0.15) is 0 Å². The molecule has 3 aromatic carbocycles. The van der Waals surface area contributed by atoms with E-state index in [9.17, 15) is 68.4 Å². The second kappa shape index (κ2) is 35.4. The van der Waals surface area contributed by atoms with E-state index in [-0.39, 0.29) is 81.5 Å². The van der Waals surface area contributed by atoms with Crippen molar-refractivity contribution in [3.63, 3.8) is 0 Å². The van der Waals surface area contributed by atoms with Crippen LogP contribution in [-0.2, 0) is 67.2 Å². The summed E-state index contributed by atoms with van der Waals surface area (Å²) >= 11 is 0. The maximum Gasteiger partial charge on any atom is 0.303 e. The van der Waals surface area contributed by atoms with Gasteiger partial charge in [0.1, 0.15) is 11.8 Å².